The molecule has 0 aliphatic carbocycles. The minimum Gasteiger partial charge on any atom is -0.447 e. The highest BCUT2D eigenvalue weighted by atomic mass is 32.2. The summed E-state index contributed by atoms with van der Waals surface area (Å²) in [7, 11) is -3.59. The van der Waals surface area contributed by atoms with Gasteiger partial charge in [0, 0.05) is 19.2 Å². The molecule has 3 N–H and O–H groups in total. The summed E-state index contributed by atoms with van der Waals surface area (Å²) in [5.74, 6) is 0.782. The van der Waals surface area contributed by atoms with Gasteiger partial charge in [-0.3, -0.25) is 0 Å². The third kappa shape index (κ3) is 6.60. The van der Waals surface area contributed by atoms with Gasteiger partial charge in [-0.1, -0.05) is 20.8 Å². The number of nitrogens with one attached hydrogen (secondary N) is 2. The van der Waals surface area contributed by atoms with E-state index < -0.39 is 10.0 Å². The quantitative estimate of drug-likeness (QED) is 0.568. The predicted octanol–water partition coefficient (Wildman–Crippen LogP) is 1.46. The zero-order valence-electron chi connectivity index (χ0n) is 12.9. The van der Waals surface area contributed by atoms with Gasteiger partial charge in [-0.25, -0.2) is 13.1 Å². The van der Waals surface area contributed by atoms with Crippen LogP contribution in [-0.4, -0.2) is 32.7 Å². The van der Waals surface area contributed by atoms with Gasteiger partial charge in [0.1, 0.15) is 5.76 Å². The van der Waals surface area contributed by atoms with Crippen LogP contribution in [0.25, 0.3) is 0 Å². The van der Waals surface area contributed by atoms with E-state index in [2.05, 4.69) is 10.0 Å². The minimum absolute atomic E-state index is 0.0572. The van der Waals surface area contributed by atoms with Crippen molar-refractivity contribution >= 4 is 10.0 Å². The molecule has 0 aromatic carbocycles. The molecule has 0 bridgehead atoms. The van der Waals surface area contributed by atoms with Crippen LogP contribution in [0.4, 0.5) is 0 Å². The van der Waals surface area contributed by atoms with Crippen molar-refractivity contribution in [2.45, 2.75) is 51.3 Å². The van der Waals surface area contributed by atoms with E-state index in [0.717, 1.165) is 6.42 Å². The summed E-state index contributed by atoms with van der Waals surface area (Å²) in [6.07, 6.45) is 1.46. The van der Waals surface area contributed by atoms with Crippen molar-refractivity contribution < 1.29 is 17.9 Å². The summed E-state index contributed by atoms with van der Waals surface area (Å²) in [5.41, 5.74) is 0. The van der Waals surface area contributed by atoms with Gasteiger partial charge in [-0.05, 0) is 30.9 Å². The summed E-state index contributed by atoms with van der Waals surface area (Å²) in [5, 5.41) is 12.0. The third-order valence-electron chi connectivity index (χ3n) is 3.06. The molecule has 1 heterocycles. The molecule has 0 amide bonds. The lowest BCUT2D eigenvalue weighted by Crippen LogP contribution is -2.25. The standard InChI is InChI=1S/C14H26N2O4S/c1-11(2)15-9-13-6-7-14(20-13)21(18,19)16-8-4-5-12(3)10-17/h6-7,11-12,15-17H,4-5,8-10H2,1-3H3. The Labute approximate surface area is 127 Å². The van der Waals surface area contributed by atoms with Crippen molar-refractivity contribution in [3.05, 3.63) is 17.9 Å². The number of hydrogen-bond acceptors (Lipinski definition) is 5. The molecule has 1 aromatic heterocycles. The molecule has 122 valence electrons. The first-order chi connectivity index (χ1) is 9.85. The number of sulfonamides is 1. The van der Waals surface area contributed by atoms with Crippen LogP contribution in [0.5, 0.6) is 0 Å². The summed E-state index contributed by atoms with van der Waals surface area (Å²) < 4.78 is 31.9. The van der Waals surface area contributed by atoms with Crippen molar-refractivity contribution in [1.29, 1.82) is 0 Å². The Morgan fingerprint density at radius 3 is 2.62 bits per heavy atom. The first-order valence-corrected chi connectivity index (χ1v) is 8.76. The topological polar surface area (TPSA) is 91.6 Å². The zero-order valence-corrected chi connectivity index (χ0v) is 13.7. The highest BCUT2D eigenvalue weighted by molar-refractivity contribution is 7.89. The second-order valence-corrected chi connectivity index (χ2v) is 7.28. The lowest BCUT2D eigenvalue weighted by atomic mass is 10.1. The van der Waals surface area contributed by atoms with E-state index in [0.29, 0.717) is 31.3 Å². The molecule has 21 heavy (non-hydrogen) atoms. The van der Waals surface area contributed by atoms with E-state index in [1.165, 1.54) is 6.07 Å². The minimum atomic E-state index is -3.59. The van der Waals surface area contributed by atoms with Crippen LogP contribution in [0.3, 0.4) is 0 Å². The molecule has 7 heteroatoms. The summed E-state index contributed by atoms with van der Waals surface area (Å²) >= 11 is 0. The Balaban J connectivity index is 2.47. The van der Waals surface area contributed by atoms with E-state index in [1.54, 1.807) is 6.07 Å². The molecule has 0 spiro atoms. The zero-order chi connectivity index (χ0) is 15.9. The molecule has 6 nitrogen and oxygen atoms in total. The predicted molar refractivity (Wildman–Crippen MR) is 81.4 cm³/mol. The molecular weight excluding hydrogens is 292 g/mol. The van der Waals surface area contributed by atoms with Crippen molar-refractivity contribution in [2.24, 2.45) is 5.92 Å². The van der Waals surface area contributed by atoms with Crippen LogP contribution < -0.4 is 10.0 Å². The van der Waals surface area contributed by atoms with E-state index in [-0.39, 0.29) is 17.6 Å². The first kappa shape index (κ1) is 18.2. The molecular formula is C14H26N2O4S. The highest BCUT2D eigenvalue weighted by Gasteiger charge is 2.18. The number of aliphatic hydroxyl groups is 1. The normalized spacial score (nSPS) is 13.8. The maximum absolute atomic E-state index is 12.0. The van der Waals surface area contributed by atoms with Gasteiger partial charge in [0.15, 0.2) is 0 Å². The third-order valence-corrected chi connectivity index (χ3v) is 4.40. The van der Waals surface area contributed by atoms with Crippen molar-refractivity contribution in [2.75, 3.05) is 13.2 Å². The van der Waals surface area contributed by atoms with Crippen LogP contribution >= 0.6 is 0 Å². The molecule has 0 saturated carbocycles. The maximum Gasteiger partial charge on any atom is 0.273 e. The molecule has 0 saturated heterocycles. The molecule has 1 unspecified atom stereocenters. The van der Waals surface area contributed by atoms with Gasteiger partial charge in [-0.15, -0.1) is 0 Å². The molecule has 0 radical (unpaired) electrons. The smallest absolute Gasteiger partial charge is 0.273 e. The van der Waals surface area contributed by atoms with Gasteiger partial charge in [0.2, 0.25) is 5.09 Å². The first-order valence-electron chi connectivity index (χ1n) is 7.27. The summed E-state index contributed by atoms with van der Waals surface area (Å²) in [4.78, 5) is 0. The van der Waals surface area contributed by atoms with Crippen LogP contribution in [0, 0.1) is 5.92 Å². The van der Waals surface area contributed by atoms with E-state index in [9.17, 15) is 8.42 Å². The molecule has 1 atom stereocenters. The van der Waals surface area contributed by atoms with Gasteiger partial charge in [0.25, 0.3) is 10.0 Å². The fourth-order valence-corrected chi connectivity index (χ4v) is 2.74. The number of hydrogen-bond donors (Lipinski definition) is 3. The fourth-order valence-electron chi connectivity index (χ4n) is 1.72. The van der Waals surface area contributed by atoms with E-state index >= 15 is 0 Å². The van der Waals surface area contributed by atoms with Gasteiger partial charge in [0.05, 0.1) is 6.54 Å². The van der Waals surface area contributed by atoms with E-state index in [1.807, 2.05) is 20.8 Å². The summed E-state index contributed by atoms with van der Waals surface area (Å²) in [6.45, 7) is 6.91. The van der Waals surface area contributed by atoms with Crippen LogP contribution in [0.2, 0.25) is 0 Å². The molecule has 1 aromatic rings. The lowest BCUT2D eigenvalue weighted by Gasteiger charge is -2.08. The Hall–Kier alpha value is -0.890. The second-order valence-electron chi connectivity index (χ2n) is 5.58. The van der Waals surface area contributed by atoms with E-state index in [4.69, 9.17) is 9.52 Å². The molecule has 1 rings (SSSR count). The molecule has 0 aliphatic heterocycles. The van der Waals surface area contributed by atoms with Crippen molar-refractivity contribution in [3.8, 4) is 0 Å². The van der Waals surface area contributed by atoms with Crippen LogP contribution in [0.1, 0.15) is 39.4 Å². The van der Waals surface area contributed by atoms with Gasteiger partial charge < -0.3 is 14.8 Å². The average Bonchev–Trinajstić information content (AvgIpc) is 2.90. The molecule has 0 aliphatic rings. The summed E-state index contributed by atoms with van der Waals surface area (Å²) in [6, 6.07) is 3.44. The van der Waals surface area contributed by atoms with Crippen molar-refractivity contribution in [3.63, 3.8) is 0 Å². The second kappa shape index (κ2) is 8.53. The number of rotatable bonds is 10. The Morgan fingerprint density at radius 2 is 2.00 bits per heavy atom. The number of aliphatic hydroxyl groups excluding tert-OH is 1. The fraction of sp³-hybridized carbons (Fsp3) is 0.714. The molecule has 0 fully saturated rings. The van der Waals surface area contributed by atoms with Crippen LogP contribution in [-0.2, 0) is 16.6 Å². The Morgan fingerprint density at radius 1 is 1.29 bits per heavy atom. The Kier molecular flexibility index (Phi) is 7.37. The lowest BCUT2D eigenvalue weighted by molar-refractivity contribution is 0.228. The SMILES string of the molecule is CC(CO)CCCNS(=O)(=O)c1ccc(CNC(C)C)o1. The van der Waals surface area contributed by atoms with Gasteiger partial charge in [-0.2, -0.15) is 0 Å². The highest BCUT2D eigenvalue weighted by Crippen LogP contribution is 2.14. The maximum atomic E-state index is 12.0. The van der Waals surface area contributed by atoms with Gasteiger partial charge >= 0.3 is 0 Å². The Bertz CT molecular complexity index is 511. The average molecular weight is 318 g/mol. The number of furan rings is 1. The van der Waals surface area contributed by atoms with Crippen LogP contribution in [0.15, 0.2) is 21.6 Å². The van der Waals surface area contributed by atoms with Crippen molar-refractivity contribution in [1.82, 2.24) is 10.0 Å². The monoisotopic (exact) mass is 318 g/mol. The largest absolute Gasteiger partial charge is 0.447 e.